The van der Waals surface area contributed by atoms with Crippen LogP contribution in [-0.2, 0) is 18.6 Å². The van der Waals surface area contributed by atoms with E-state index in [9.17, 15) is 24.1 Å². The zero-order chi connectivity index (χ0) is 24.9. The maximum Gasteiger partial charge on any atom is 0.488 e. The number of para-hydroxylation sites is 1. The van der Waals surface area contributed by atoms with Crippen molar-refractivity contribution in [3.05, 3.63) is 67.9 Å². The predicted octanol–water partition coefficient (Wildman–Crippen LogP) is 1.22. The lowest BCUT2D eigenvalue weighted by Gasteiger charge is -2.23. The number of rotatable bonds is 9. The first-order valence-corrected chi connectivity index (χ1v) is 12.6. The first-order chi connectivity index (χ1) is 16.1. The number of amides is 1. The Morgan fingerprint density at radius 2 is 2.15 bits per heavy atom. The molecule has 1 unspecified atom stereocenters. The summed E-state index contributed by atoms with van der Waals surface area (Å²) in [5.41, 5.74) is 4.42. The van der Waals surface area contributed by atoms with Crippen molar-refractivity contribution in [2.45, 2.75) is 37.8 Å². The van der Waals surface area contributed by atoms with Crippen LogP contribution in [0.4, 0.5) is 0 Å². The number of aromatic nitrogens is 2. The molecular weight excluding hydrogens is 535 g/mol. The summed E-state index contributed by atoms with van der Waals surface area (Å²) >= 11 is 3.07. The molecule has 3 rings (SSSR count). The summed E-state index contributed by atoms with van der Waals surface area (Å²) in [6.07, 6.45) is -0.311. The predicted molar refractivity (Wildman–Crippen MR) is 126 cm³/mol. The first-order valence-electron chi connectivity index (χ1n) is 10.1. The SMILES string of the molecule is C[C@H](N)C(=O)NP(=O)(OC[C@H]1O[C@@H](n2cc(/C=C/Br)c(=O)[nH]c2=O)C[C@@H]1O)Oc1ccccc1. The number of aliphatic hydroxyl groups excluding tert-OH is 1. The van der Waals surface area contributed by atoms with E-state index in [1.807, 2.05) is 0 Å². The average molecular weight is 559 g/mol. The van der Waals surface area contributed by atoms with Gasteiger partial charge in [0.05, 0.1) is 24.3 Å². The zero-order valence-electron chi connectivity index (χ0n) is 18.0. The van der Waals surface area contributed by atoms with E-state index in [2.05, 4.69) is 26.0 Å². The van der Waals surface area contributed by atoms with Crippen molar-refractivity contribution in [1.82, 2.24) is 14.6 Å². The summed E-state index contributed by atoms with van der Waals surface area (Å²) < 4.78 is 30.9. The van der Waals surface area contributed by atoms with Crippen molar-refractivity contribution < 1.29 is 28.3 Å². The van der Waals surface area contributed by atoms with E-state index in [1.54, 1.807) is 18.2 Å². The molecule has 5 atom stereocenters. The van der Waals surface area contributed by atoms with Gasteiger partial charge in [-0.15, -0.1) is 0 Å². The smallest absolute Gasteiger partial charge is 0.409 e. The Hall–Kier alpha value is -2.54. The van der Waals surface area contributed by atoms with Gasteiger partial charge in [0.1, 0.15) is 18.1 Å². The van der Waals surface area contributed by atoms with E-state index in [-0.39, 0.29) is 17.7 Å². The lowest BCUT2D eigenvalue weighted by atomic mass is 10.2. The Bertz CT molecular complexity index is 1200. The van der Waals surface area contributed by atoms with E-state index < -0.39 is 56.0 Å². The molecule has 184 valence electrons. The number of aromatic amines is 1. The molecule has 1 aromatic heterocycles. The summed E-state index contributed by atoms with van der Waals surface area (Å²) in [7, 11) is -4.26. The van der Waals surface area contributed by atoms with Crippen LogP contribution in [0.1, 0.15) is 25.1 Å². The Kier molecular flexibility index (Phi) is 8.63. The molecule has 2 heterocycles. The molecular formula is C20H24BrN4O8P. The van der Waals surface area contributed by atoms with Crippen molar-refractivity contribution in [1.29, 1.82) is 0 Å². The Morgan fingerprint density at radius 3 is 2.79 bits per heavy atom. The van der Waals surface area contributed by atoms with Gasteiger partial charge < -0.3 is 20.1 Å². The number of hydrogen-bond donors (Lipinski definition) is 4. The molecule has 1 amide bonds. The van der Waals surface area contributed by atoms with Gasteiger partial charge in [-0.25, -0.2) is 9.36 Å². The standard InChI is InChI=1S/C20H24BrN4O8P/c1-12(22)18(27)24-34(30,33-14-5-3-2-4-6-14)31-11-16-15(26)9-17(32-16)25-10-13(7-8-21)19(28)23-20(25)29/h2-8,10,12,15-17,26H,9,11,22H2,1H3,(H,23,28,29)(H,24,27,30)/b8-7+/t12-,15-,16+,17+,34?/m0/s1. The van der Waals surface area contributed by atoms with Gasteiger partial charge >= 0.3 is 13.4 Å². The van der Waals surface area contributed by atoms with Gasteiger partial charge in [0.25, 0.3) is 5.56 Å². The number of carbonyl (C=O) groups is 1. The monoisotopic (exact) mass is 558 g/mol. The number of halogens is 1. The van der Waals surface area contributed by atoms with Crippen LogP contribution in [0.5, 0.6) is 5.75 Å². The molecule has 12 nitrogen and oxygen atoms in total. The number of carbonyl (C=O) groups excluding carboxylic acids is 1. The van der Waals surface area contributed by atoms with Crippen LogP contribution in [0, 0.1) is 0 Å². The summed E-state index contributed by atoms with van der Waals surface area (Å²) in [5, 5.41) is 12.6. The lowest BCUT2D eigenvalue weighted by Crippen LogP contribution is -2.38. The highest BCUT2D eigenvalue weighted by atomic mass is 79.9. The first kappa shape index (κ1) is 26.1. The molecule has 2 aromatic rings. The molecule has 0 spiro atoms. The van der Waals surface area contributed by atoms with Gasteiger partial charge in [-0.1, -0.05) is 34.1 Å². The number of nitrogens with one attached hydrogen (secondary N) is 2. The minimum absolute atomic E-state index is 0.00647. The van der Waals surface area contributed by atoms with Crippen molar-refractivity contribution in [3.8, 4) is 5.75 Å². The largest absolute Gasteiger partial charge is 0.488 e. The Morgan fingerprint density at radius 1 is 1.44 bits per heavy atom. The fourth-order valence-electron chi connectivity index (χ4n) is 3.05. The third-order valence-electron chi connectivity index (χ3n) is 4.79. The summed E-state index contributed by atoms with van der Waals surface area (Å²) in [6.45, 7) is 0.963. The Balaban J connectivity index is 1.75. The van der Waals surface area contributed by atoms with Crippen molar-refractivity contribution in [2.75, 3.05) is 6.61 Å². The van der Waals surface area contributed by atoms with Crippen LogP contribution in [0.25, 0.3) is 6.08 Å². The highest BCUT2D eigenvalue weighted by Crippen LogP contribution is 2.45. The highest BCUT2D eigenvalue weighted by Gasteiger charge is 2.39. The van der Waals surface area contributed by atoms with Gasteiger partial charge in [0, 0.05) is 12.6 Å². The molecule has 0 aliphatic carbocycles. The second-order valence-electron chi connectivity index (χ2n) is 7.44. The molecule has 1 aliphatic heterocycles. The molecule has 1 aliphatic rings. The number of nitrogens with zero attached hydrogens (tertiary/aromatic N) is 1. The van der Waals surface area contributed by atoms with E-state index in [1.165, 1.54) is 36.3 Å². The van der Waals surface area contributed by atoms with Crippen LogP contribution < -0.4 is 26.6 Å². The number of hydrogen-bond acceptors (Lipinski definition) is 9. The van der Waals surface area contributed by atoms with Crippen molar-refractivity contribution in [3.63, 3.8) is 0 Å². The second kappa shape index (κ2) is 11.3. The van der Waals surface area contributed by atoms with Crippen LogP contribution in [0.3, 0.4) is 0 Å². The van der Waals surface area contributed by atoms with Gasteiger partial charge in [-0.05, 0) is 30.1 Å². The molecule has 0 radical (unpaired) electrons. The topological polar surface area (TPSA) is 175 Å². The minimum Gasteiger partial charge on any atom is -0.409 e. The summed E-state index contributed by atoms with van der Waals surface area (Å²) in [5.74, 6) is -0.592. The Labute approximate surface area is 202 Å². The molecule has 5 N–H and O–H groups in total. The van der Waals surface area contributed by atoms with Gasteiger partial charge in [-0.3, -0.25) is 28.8 Å². The van der Waals surface area contributed by atoms with Gasteiger partial charge in [0.15, 0.2) is 0 Å². The second-order valence-corrected chi connectivity index (χ2v) is 9.63. The maximum atomic E-state index is 13.2. The van der Waals surface area contributed by atoms with Crippen molar-refractivity contribution in [2.24, 2.45) is 5.73 Å². The van der Waals surface area contributed by atoms with E-state index in [0.717, 1.165) is 4.57 Å². The highest BCUT2D eigenvalue weighted by molar-refractivity contribution is 9.11. The van der Waals surface area contributed by atoms with E-state index >= 15 is 0 Å². The number of benzene rings is 1. The normalized spacial score (nSPS) is 22.9. The molecule has 1 saturated heterocycles. The molecule has 1 fully saturated rings. The van der Waals surface area contributed by atoms with Crippen LogP contribution >= 0.6 is 23.7 Å². The fraction of sp³-hybridized carbons (Fsp3) is 0.350. The summed E-state index contributed by atoms with van der Waals surface area (Å²) in [6, 6.07) is 7.06. The third kappa shape index (κ3) is 6.53. The molecule has 0 bridgehead atoms. The quantitative estimate of drug-likeness (QED) is 0.329. The zero-order valence-corrected chi connectivity index (χ0v) is 20.5. The van der Waals surface area contributed by atoms with E-state index in [4.69, 9.17) is 19.5 Å². The molecule has 34 heavy (non-hydrogen) atoms. The van der Waals surface area contributed by atoms with Crippen LogP contribution in [0.2, 0.25) is 0 Å². The minimum atomic E-state index is -4.26. The fourth-order valence-corrected chi connectivity index (χ4v) is 4.71. The van der Waals surface area contributed by atoms with Crippen molar-refractivity contribution >= 4 is 35.7 Å². The summed E-state index contributed by atoms with van der Waals surface area (Å²) in [4.78, 5) is 39.8. The molecule has 0 saturated carbocycles. The number of H-pyrrole nitrogens is 1. The number of nitrogens with two attached hydrogens (primary N) is 1. The average Bonchev–Trinajstić information content (AvgIpc) is 3.15. The maximum absolute atomic E-state index is 13.2. The molecule has 14 heteroatoms. The molecule has 1 aromatic carbocycles. The van der Waals surface area contributed by atoms with Gasteiger partial charge in [-0.2, -0.15) is 0 Å². The third-order valence-corrected chi connectivity index (χ3v) is 6.49. The van der Waals surface area contributed by atoms with Crippen LogP contribution in [0.15, 0.2) is 51.1 Å². The van der Waals surface area contributed by atoms with Gasteiger partial charge in [0.2, 0.25) is 5.91 Å². The number of aliphatic hydroxyl groups is 1. The van der Waals surface area contributed by atoms with Crippen LogP contribution in [-0.4, -0.2) is 45.4 Å². The number of ether oxygens (including phenoxy) is 1. The van der Waals surface area contributed by atoms with E-state index in [0.29, 0.717) is 0 Å². The lowest BCUT2D eigenvalue weighted by molar-refractivity contribution is -0.120.